The molecular weight excluding hydrogens is 417 g/mol. The van der Waals surface area contributed by atoms with Gasteiger partial charge in [-0.3, -0.25) is 9.78 Å². The maximum atomic E-state index is 15.2. The summed E-state index contributed by atoms with van der Waals surface area (Å²) < 4.78 is 50.6. The third kappa shape index (κ3) is 3.85. The summed E-state index contributed by atoms with van der Waals surface area (Å²) in [5, 5.41) is 2.59. The van der Waals surface area contributed by atoms with E-state index in [1.54, 1.807) is 36.7 Å². The number of pyridine rings is 1. The first-order valence-electron chi connectivity index (χ1n) is 8.98. The number of amides is 1. The lowest BCUT2D eigenvalue weighted by Crippen LogP contribution is -2.52. The molecule has 0 atom stereocenters. The van der Waals surface area contributed by atoms with E-state index in [-0.39, 0.29) is 37.4 Å². The highest BCUT2D eigenvalue weighted by atomic mass is 32.2. The summed E-state index contributed by atoms with van der Waals surface area (Å²) in [5.74, 6) is -0.725. The Morgan fingerprint density at radius 2 is 1.90 bits per heavy atom. The normalized spacial score (nSPS) is 17.3. The van der Waals surface area contributed by atoms with Crippen LogP contribution in [-0.4, -0.2) is 51.1 Å². The number of halogens is 1. The Bertz CT molecular complexity index is 1130. The number of alkyl halides is 1. The topological polar surface area (TPSA) is 105 Å². The van der Waals surface area contributed by atoms with Crippen LogP contribution in [0.1, 0.15) is 18.4 Å². The zero-order valence-corrected chi connectivity index (χ0v) is 16.9. The number of carbonyl (C=O) groups is 1. The highest BCUT2D eigenvalue weighted by molar-refractivity contribution is 7.89. The van der Waals surface area contributed by atoms with Gasteiger partial charge in [0.1, 0.15) is 15.9 Å². The minimum Gasteiger partial charge on any atom is -0.349 e. The molecule has 4 rings (SSSR count). The molecule has 3 heterocycles. The van der Waals surface area contributed by atoms with Gasteiger partial charge in [-0.15, -0.1) is 0 Å². The average Bonchev–Trinajstić information content (AvgIpc) is 3.22. The smallest absolute Gasteiger partial charge is 0.258 e. The second-order valence-electron chi connectivity index (χ2n) is 6.80. The van der Waals surface area contributed by atoms with E-state index in [9.17, 15) is 13.2 Å². The van der Waals surface area contributed by atoms with Crippen LogP contribution in [0.3, 0.4) is 0 Å². The molecule has 1 fully saturated rings. The Labute approximate surface area is 171 Å². The van der Waals surface area contributed by atoms with Crippen LogP contribution in [0.25, 0.3) is 11.0 Å². The molecule has 29 heavy (non-hydrogen) atoms. The standard InChI is InChI=1S/C18H18FN5O3S2/c19-18(17(25)21-12-13-4-8-20-9-5-13)6-10-24(11-7-18)29(26,27)15-3-1-2-14-16(15)23-28-22-14/h1-5,8-9H,6-7,10-12H2,(H,21,25). The van der Waals surface area contributed by atoms with E-state index in [1.165, 1.54) is 10.4 Å². The molecule has 1 saturated heterocycles. The van der Waals surface area contributed by atoms with Gasteiger partial charge in [0, 0.05) is 44.9 Å². The first kappa shape index (κ1) is 19.8. The molecule has 3 aromatic rings. The monoisotopic (exact) mass is 435 g/mol. The van der Waals surface area contributed by atoms with Crippen molar-refractivity contribution in [1.29, 1.82) is 0 Å². The molecule has 0 saturated carbocycles. The Balaban J connectivity index is 1.44. The Hall–Kier alpha value is -2.50. The van der Waals surface area contributed by atoms with Gasteiger partial charge in [0.05, 0.1) is 11.7 Å². The van der Waals surface area contributed by atoms with Crippen molar-refractivity contribution in [2.24, 2.45) is 0 Å². The summed E-state index contributed by atoms with van der Waals surface area (Å²) in [4.78, 5) is 16.3. The summed E-state index contributed by atoms with van der Waals surface area (Å²) >= 11 is 0.937. The van der Waals surface area contributed by atoms with Gasteiger partial charge in [0.2, 0.25) is 10.0 Å². The molecule has 1 aliphatic heterocycles. The number of rotatable bonds is 5. The first-order chi connectivity index (χ1) is 13.9. The number of nitrogens with zero attached hydrogens (tertiary/aromatic N) is 4. The number of fused-ring (bicyclic) bond motifs is 1. The van der Waals surface area contributed by atoms with Gasteiger partial charge in [0.25, 0.3) is 5.91 Å². The lowest BCUT2D eigenvalue weighted by molar-refractivity contribution is -0.135. The molecule has 1 N–H and O–H groups in total. The molecule has 152 valence electrons. The van der Waals surface area contributed by atoms with Crippen LogP contribution < -0.4 is 5.32 Å². The number of sulfonamides is 1. The van der Waals surface area contributed by atoms with Crippen LogP contribution >= 0.6 is 11.7 Å². The van der Waals surface area contributed by atoms with E-state index in [0.29, 0.717) is 11.0 Å². The van der Waals surface area contributed by atoms with Crippen LogP contribution in [0.5, 0.6) is 0 Å². The predicted octanol–water partition coefficient (Wildman–Crippen LogP) is 1.90. The molecule has 11 heteroatoms. The fourth-order valence-electron chi connectivity index (χ4n) is 3.28. The zero-order valence-electron chi connectivity index (χ0n) is 15.3. The molecule has 0 spiro atoms. The van der Waals surface area contributed by atoms with Gasteiger partial charge in [-0.25, -0.2) is 12.8 Å². The number of hydrogen-bond acceptors (Lipinski definition) is 7. The van der Waals surface area contributed by atoms with E-state index in [1.807, 2.05) is 0 Å². The fourth-order valence-corrected chi connectivity index (χ4v) is 5.47. The minimum absolute atomic E-state index is 0.0530. The van der Waals surface area contributed by atoms with Crippen LogP contribution in [-0.2, 0) is 21.4 Å². The molecule has 0 aliphatic carbocycles. The van der Waals surface area contributed by atoms with Gasteiger partial charge in [0.15, 0.2) is 5.67 Å². The van der Waals surface area contributed by atoms with Crippen molar-refractivity contribution in [3.05, 3.63) is 48.3 Å². The fraction of sp³-hybridized carbons (Fsp3) is 0.333. The summed E-state index contributed by atoms with van der Waals surface area (Å²) in [6, 6.07) is 8.22. The highest BCUT2D eigenvalue weighted by Crippen LogP contribution is 2.32. The van der Waals surface area contributed by atoms with E-state index >= 15 is 4.39 Å². The van der Waals surface area contributed by atoms with Crippen LogP contribution in [0.2, 0.25) is 0 Å². The average molecular weight is 436 g/mol. The lowest BCUT2D eigenvalue weighted by atomic mass is 9.93. The van der Waals surface area contributed by atoms with E-state index in [0.717, 1.165) is 17.3 Å². The quantitative estimate of drug-likeness (QED) is 0.656. The second-order valence-corrected chi connectivity index (χ2v) is 9.23. The largest absolute Gasteiger partial charge is 0.349 e. The first-order valence-corrected chi connectivity index (χ1v) is 11.1. The van der Waals surface area contributed by atoms with Crippen molar-refractivity contribution in [3.63, 3.8) is 0 Å². The van der Waals surface area contributed by atoms with Gasteiger partial charge < -0.3 is 5.32 Å². The van der Waals surface area contributed by atoms with Crippen molar-refractivity contribution in [1.82, 2.24) is 23.4 Å². The van der Waals surface area contributed by atoms with Crippen molar-refractivity contribution < 1.29 is 17.6 Å². The molecule has 0 bridgehead atoms. The van der Waals surface area contributed by atoms with Crippen LogP contribution in [0.4, 0.5) is 4.39 Å². The number of nitrogens with one attached hydrogen (secondary N) is 1. The summed E-state index contributed by atoms with van der Waals surface area (Å²) in [6.07, 6.45) is 2.77. The molecular formula is C18H18FN5O3S2. The van der Waals surface area contributed by atoms with Gasteiger partial charge in [-0.2, -0.15) is 13.1 Å². The lowest BCUT2D eigenvalue weighted by Gasteiger charge is -2.34. The van der Waals surface area contributed by atoms with Crippen LogP contribution in [0.15, 0.2) is 47.6 Å². The van der Waals surface area contributed by atoms with E-state index in [4.69, 9.17) is 0 Å². The van der Waals surface area contributed by atoms with Crippen molar-refractivity contribution >= 4 is 38.7 Å². The highest BCUT2D eigenvalue weighted by Gasteiger charge is 2.44. The van der Waals surface area contributed by atoms with Crippen molar-refractivity contribution in [3.8, 4) is 0 Å². The molecule has 1 aliphatic rings. The molecule has 8 nitrogen and oxygen atoms in total. The summed E-state index contributed by atoms with van der Waals surface area (Å²) in [5.41, 5.74) is -0.484. The second kappa shape index (κ2) is 7.73. The summed E-state index contributed by atoms with van der Waals surface area (Å²) in [6.45, 7) is 0.0127. The predicted molar refractivity (Wildman–Crippen MR) is 105 cm³/mol. The van der Waals surface area contributed by atoms with E-state index in [2.05, 4.69) is 19.0 Å². The van der Waals surface area contributed by atoms with Crippen molar-refractivity contribution in [2.75, 3.05) is 13.1 Å². The number of hydrogen-bond donors (Lipinski definition) is 1. The Kier molecular flexibility index (Phi) is 5.28. The van der Waals surface area contributed by atoms with Crippen LogP contribution in [0, 0.1) is 0 Å². The van der Waals surface area contributed by atoms with Gasteiger partial charge in [-0.1, -0.05) is 6.07 Å². The number of carbonyl (C=O) groups excluding carboxylic acids is 1. The molecule has 1 aromatic carbocycles. The van der Waals surface area contributed by atoms with Gasteiger partial charge in [-0.05, 0) is 29.8 Å². The molecule has 0 unspecified atom stereocenters. The third-order valence-corrected chi connectivity index (χ3v) is 7.46. The Morgan fingerprint density at radius 3 is 2.62 bits per heavy atom. The Morgan fingerprint density at radius 1 is 1.17 bits per heavy atom. The van der Waals surface area contributed by atoms with E-state index < -0.39 is 21.6 Å². The van der Waals surface area contributed by atoms with Gasteiger partial charge >= 0.3 is 0 Å². The maximum absolute atomic E-state index is 15.2. The summed E-state index contributed by atoms with van der Waals surface area (Å²) in [7, 11) is -3.86. The zero-order chi connectivity index (χ0) is 20.5. The third-order valence-electron chi connectivity index (χ3n) is 4.99. The minimum atomic E-state index is -3.86. The number of benzene rings is 1. The number of piperidine rings is 1. The molecule has 1 amide bonds. The number of aromatic nitrogens is 3. The molecule has 2 aromatic heterocycles. The maximum Gasteiger partial charge on any atom is 0.258 e. The van der Waals surface area contributed by atoms with Crippen molar-refractivity contribution in [2.45, 2.75) is 30.0 Å². The molecule has 0 radical (unpaired) electrons. The SMILES string of the molecule is O=C(NCc1ccncc1)C1(F)CCN(S(=O)(=O)c2cccc3nsnc23)CC1.